The Kier molecular flexibility index (Phi) is 8.56. The Morgan fingerprint density at radius 3 is 1.00 bits per heavy atom. The summed E-state index contributed by atoms with van der Waals surface area (Å²) in [7, 11) is -3.45. The summed E-state index contributed by atoms with van der Waals surface area (Å²) in [6, 6.07) is 0. The first-order chi connectivity index (χ1) is 8.24. The van der Waals surface area contributed by atoms with Crippen LogP contribution in [0.15, 0.2) is 0 Å². The molecule has 0 saturated heterocycles. The first kappa shape index (κ1) is 15.3. The quantitative estimate of drug-likeness (QED) is 0.448. The van der Waals surface area contributed by atoms with Crippen LogP contribution < -0.4 is 0 Å². The zero-order valence-corrected chi connectivity index (χ0v) is 10.3. The van der Waals surface area contributed by atoms with E-state index in [0.29, 0.717) is 0 Å². The third kappa shape index (κ3) is 6.46. The van der Waals surface area contributed by atoms with E-state index in [2.05, 4.69) is 23.7 Å². The first-order valence-corrected chi connectivity index (χ1v) is 6.17. The highest BCUT2D eigenvalue weighted by Crippen LogP contribution is 2.11. The number of rotatable bonds is 8. The molecular formula is C12H12O4Si. The van der Waals surface area contributed by atoms with Crippen LogP contribution in [0.5, 0.6) is 0 Å². The fraction of sp³-hybridized carbons (Fsp3) is 0.333. The van der Waals surface area contributed by atoms with Crippen molar-refractivity contribution in [1.82, 2.24) is 0 Å². The molecule has 0 aliphatic carbocycles. The largest absolute Gasteiger partial charge is 0.682 e. The number of hydrogen-bond acceptors (Lipinski definition) is 4. The molecule has 0 bridgehead atoms. The van der Waals surface area contributed by atoms with Crippen molar-refractivity contribution >= 4 is 9.05 Å². The predicted octanol–water partition coefficient (Wildman–Crippen LogP) is 0.0212. The van der Waals surface area contributed by atoms with Crippen LogP contribution in [-0.4, -0.2) is 35.5 Å². The van der Waals surface area contributed by atoms with Crippen molar-refractivity contribution in [2.24, 2.45) is 0 Å². The molecule has 0 atom stereocenters. The van der Waals surface area contributed by atoms with Gasteiger partial charge in [0.2, 0.25) is 0 Å². The zero-order chi connectivity index (χ0) is 13.0. The molecule has 0 aromatic heterocycles. The molecule has 0 spiro atoms. The van der Waals surface area contributed by atoms with Gasteiger partial charge in [0.15, 0.2) is 0 Å². The third-order valence-electron chi connectivity index (χ3n) is 1.33. The van der Waals surface area contributed by atoms with Crippen molar-refractivity contribution < 1.29 is 17.7 Å². The van der Waals surface area contributed by atoms with Gasteiger partial charge in [-0.3, -0.25) is 0 Å². The zero-order valence-electron chi connectivity index (χ0n) is 9.27. The number of hydrogen-bond donors (Lipinski definition) is 0. The normalized spacial score (nSPS) is 9.65. The highest BCUT2D eigenvalue weighted by Gasteiger charge is 2.45. The Balaban J connectivity index is 4.67. The summed E-state index contributed by atoms with van der Waals surface area (Å²) in [6.07, 6.45) is 20.3. The Morgan fingerprint density at radius 1 is 0.588 bits per heavy atom. The minimum absolute atomic E-state index is 0.0497. The van der Waals surface area contributed by atoms with E-state index in [-0.39, 0.29) is 26.4 Å². The van der Waals surface area contributed by atoms with E-state index in [1.165, 1.54) is 0 Å². The van der Waals surface area contributed by atoms with E-state index < -0.39 is 9.05 Å². The van der Waals surface area contributed by atoms with Crippen LogP contribution >= 0.6 is 0 Å². The summed E-state index contributed by atoms with van der Waals surface area (Å²) >= 11 is 0. The van der Waals surface area contributed by atoms with Crippen molar-refractivity contribution in [3.63, 3.8) is 0 Å². The van der Waals surface area contributed by atoms with Crippen LogP contribution in [0.4, 0.5) is 0 Å². The summed E-state index contributed by atoms with van der Waals surface area (Å²) in [6.45, 7) is -0.199. The molecule has 0 amide bonds. The van der Waals surface area contributed by atoms with Crippen LogP contribution in [0, 0.1) is 49.4 Å². The molecule has 0 heterocycles. The summed E-state index contributed by atoms with van der Waals surface area (Å²) in [4.78, 5) is 0. The fourth-order valence-electron chi connectivity index (χ4n) is 0.770. The van der Waals surface area contributed by atoms with Crippen LogP contribution in [0.25, 0.3) is 0 Å². The lowest BCUT2D eigenvalue weighted by Gasteiger charge is -2.24. The highest BCUT2D eigenvalue weighted by atomic mass is 28.4. The van der Waals surface area contributed by atoms with E-state index in [4.69, 9.17) is 43.4 Å². The monoisotopic (exact) mass is 248 g/mol. The molecule has 0 aromatic rings. The SMILES string of the molecule is C#CCO[Si](OCC#C)(OCC#C)OCC#C. The van der Waals surface area contributed by atoms with Gasteiger partial charge in [-0.2, -0.15) is 0 Å². The van der Waals surface area contributed by atoms with Gasteiger partial charge in [-0.1, -0.05) is 23.7 Å². The van der Waals surface area contributed by atoms with Crippen LogP contribution in [0.1, 0.15) is 0 Å². The standard InChI is InChI=1S/C12H12O4Si/c1-5-9-13-17(14-10-6-2,15-11-7-3)16-12-8-4/h1-4H,9-12H2. The smallest absolute Gasteiger partial charge is 0.340 e. The van der Waals surface area contributed by atoms with Gasteiger partial charge in [0.1, 0.15) is 26.4 Å². The molecule has 0 unspecified atom stereocenters. The summed E-state index contributed by atoms with van der Waals surface area (Å²) in [5.74, 6) is 9.08. The van der Waals surface area contributed by atoms with Gasteiger partial charge < -0.3 is 17.7 Å². The summed E-state index contributed by atoms with van der Waals surface area (Å²) < 4.78 is 20.9. The van der Waals surface area contributed by atoms with E-state index in [1.807, 2.05) is 0 Å². The number of terminal acetylenes is 4. The predicted molar refractivity (Wildman–Crippen MR) is 64.9 cm³/mol. The topological polar surface area (TPSA) is 36.9 Å². The Hall–Kier alpha value is -1.70. The van der Waals surface area contributed by atoms with Gasteiger partial charge in [0, 0.05) is 0 Å². The Morgan fingerprint density at radius 2 is 0.824 bits per heavy atom. The highest BCUT2D eigenvalue weighted by molar-refractivity contribution is 6.53. The molecule has 0 aromatic carbocycles. The third-order valence-corrected chi connectivity index (χ3v) is 3.32. The van der Waals surface area contributed by atoms with Crippen LogP contribution in [0.2, 0.25) is 0 Å². The van der Waals surface area contributed by atoms with Crippen molar-refractivity contribution in [1.29, 1.82) is 0 Å². The molecule has 0 radical (unpaired) electrons. The molecule has 0 N–H and O–H groups in total. The van der Waals surface area contributed by atoms with Crippen LogP contribution in [0.3, 0.4) is 0 Å². The second-order valence-corrected chi connectivity index (χ2v) is 4.63. The van der Waals surface area contributed by atoms with Gasteiger partial charge in [-0.25, -0.2) is 0 Å². The van der Waals surface area contributed by atoms with Gasteiger partial charge in [-0.05, 0) is 0 Å². The van der Waals surface area contributed by atoms with Gasteiger partial charge in [0.05, 0.1) is 0 Å². The molecule has 0 aliphatic rings. The van der Waals surface area contributed by atoms with Crippen LogP contribution in [-0.2, 0) is 17.7 Å². The summed E-state index contributed by atoms with van der Waals surface area (Å²) in [5.41, 5.74) is 0. The maximum absolute atomic E-state index is 5.23. The molecule has 0 saturated carbocycles. The lowest BCUT2D eigenvalue weighted by molar-refractivity contribution is -0.00753. The van der Waals surface area contributed by atoms with E-state index in [0.717, 1.165) is 0 Å². The average molecular weight is 248 g/mol. The first-order valence-electron chi connectivity index (χ1n) is 4.54. The van der Waals surface area contributed by atoms with Gasteiger partial charge >= 0.3 is 9.05 Å². The van der Waals surface area contributed by atoms with Crippen molar-refractivity contribution in [2.75, 3.05) is 26.4 Å². The molecule has 5 heteroatoms. The minimum atomic E-state index is -3.45. The second-order valence-electron chi connectivity index (χ2n) is 2.47. The van der Waals surface area contributed by atoms with E-state index >= 15 is 0 Å². The van der Waals surface area contributed by atoms with Gasteiger partial charge in [-0.15, -0.1) is 25.7 Å². The molecule has 0 fully saturated rings. The van der Waals surface area contributed by atoms with E-state index in [1.54, 1.807) is 0 Å². The maximum atomic E-state index is 5.23. The Bertz CT molecular complexity index is 300. The van der Waals surface area contributed by atoms with Crippen molar-refractivity contribution in [2.45, 2.75) is 0 Å². The maximum Gasteiger partial charge on any atom is 0.682 e. The molecule has 88 valence electrons. The van der Waals surface area contributed by atoms with Gasteiger partial charge in [0.25, 0.3) is 0 Å². The molecular weight excluding hydrogens is 236 g/mol. The lowest BCUT2D eigenvalue weighted by atomic mass is 10.8. The molecule has 0 aliphatic heterocycles. The average Bonchev–Trinajstić information content (AvgIpc) is 2.37. The van der Waals surface area contributed by atoms with Crippen molar-refractivity contribution in [3.8, 4) is 49.4 Å². The summed E-state index contributed by atoms with van der Waals surface area (Å²) in [5, 5.41) is 0. The second kappa shape index (κ2) is 9.52. The molecule has 0 rings (SSSR count). The van der Waals surface area contributed by atoms with E-state index in [9.17, 15) is 0 Å². The van der Waals surface area contributed by atoms with Crippen molar-refractivity contribution in [3.05, 3.63) is 0 Å². The molecule has 4 nitrogen and oxygen atoms in total. The minimum Gasteiger partial charge on any atom is -0.340 e. The lowest BCUT2D eigenvalue weighted by Crippen LogP contribution is -2.49. The Labute approximate surface area is 103 Å². The fourth-order valence-corrected chi connectivity index (χ4v) is 2.31. The molecule has 17 heavy (non-hydrogen) atoms.